The average molecular weight is 571 g/mol. The Morgan fingerprint density at radius 2 is 1.95 bits per heavy atom. The molecule has 216 valence electrons. The first-order valence-corrected chi connectivity index (χ1v) is 14.5. The molecule has 2 N–H and O–H groups in total. The van der Waals surface area contributed by atoms with Crippen molar-refractivity contribution in [3.05, 3.63) is 47.2 Å². The summed E-state index contributed by atoms with van der Waals surface area (Å²) in [6, 6.07) is 4.08. The largest absolute Gasteiger partial charge is 0.462 e. The summed E-state index contributed by atoms with van der Waals surface area (Å²) in [6.07, 6.45) is 3.34. The van der Waals surface area contributed by atoms with E-state index in [2.05, 4.69) is 39.8 Å². The number of rotatable bonds is 12. The molecule has 0 saturated carbocycles. The number of carbonyl (C=O) groups excluding carboxylic acids is 1. The molecule has 0 spiro atoms. The number of ether oxygens (including phenoxy) is 1. The second-order valence-corrected chi connectivity index (χ2v) is 10.2. The third-order valence-corrected chi connectivity index (χ3v) is 7.95. The van der Waals surface area contributed by atoms with Crippen LogP contribution in [0.25, 0.3) is 0 Å². The first-order valence-electron chi connectivity index (χ1n) is 13.8. The Bertz CT molecular complexity index is 1220. The van der Waals surface area contributed by atoms with Gasteiger partial charge < -0.3 is 34.5 Å². The van der Waals surface area contributed by atoms with E-state index in [1.807, 2.05) is 13.0 Å². The number of anilines is 3. The van der Waals surface area contributed by atoms with Crippen molar-refractivity contribution < 1.29 is 13.4 Å². The zero-order valence-corrected chi connectivity index (χ0v) is 24.4. The lowest BCUT2D eigenvalue weighted by Crippen LogP contribution is -2.49. The third kappa shape index (κ3) is 6.49. The summed E-state index contributed by atoms with van der Waals surface area (Å²) in [5, 5.41) is 8.06. The smallest absolute Gasteiger partial charge is 0.318 e. The van der Waals surface area contributed by atoms with Crippen molar-refractivity contribution in [1.29, 1.82) is 5.41 Å². The topological polar surface area (TPSA) is 101 Å². The number of nitrogens with zero attached hydrogens (tertiary/aromatic N) is 6. The van der Waals surface area contributed by atoms with Gasteiger partial charge >= 0.3 is 6.01 Å². The predicted octanol–water partition coefficient (Wildman–Crippen LogP) is 3.85. The van der Waals surface area contributed by atoms with Gasteiger partial charge in [0.05, 0.1) is 23.6 Å². The van der Waals surface area contributed by atoms with Gasteiger partial charge in [0.25, 0.3) is 0 Å². The molecule has 1 fully saturated rings. The van der Waals surface area contributed by atoms with Crippen LogP contribution in [-0.2, 0) is 17.8 Å². The summed E-state index contributed by atoms with van der Waals surface area (Å²) in [6.45, 7) is 16.8. The van der Waals surface area contributed by atoms with Gasteiger partial charge in [-0.05, 0) is 44.1 Å². The fourth-order valence-electron chi connectivity index (χ4n) is 5.39. The Kier molecular flexibility index (Phi) is 10.2. The Morgan fingerprint density at radius 3 is 2.60 bits per heavy atom. The van der Waals surface area contributed by atoms with Crippen LogP contribution in [0.4, 0.5) is 21.1 Å². The summed E-state index contributed by atoms with van der Waals surface area (Å²) in [4.78, 5) is 30.4. The molecule has 12 heteroatoms. The normalized spacial score (nSPS) is 15.2. The van der Waals surface area contributed by atoms with Gasteiger partial charge in [-0.3, -0.25) is 4.79 Å². The molecule has 1 aromatic heterocycles. The Morgan fingerprint density at radius 1 is 1.20 bits per heavy atom. The molecular weight excluding hydrogens is 531 g/mol. The van der Waals surface area contributed by atoms with Crippen LogP contribution in [-0.4, -0.2) is 90.9 Å². The zero-order valence-electron chi connectivity index (χ0n) is 23.6. The van der Waals surface area contributed by atoms with Crippen LogP contribution in [0.15, 0.2) is 24.8 Å². The fraction of sp³-hybridized carbons (Fsp3) is 0.500. The van der Waals surface area contributed by atoms with Crippen molar-refractivity contribution in [1.82, 2.24) is 19.8 Å². The molecule has 1 aromatic carbocycles. The highest BCUT2D eigenvalue weighted by Gasteiger charge is 2.30. The van der Waals surface area contributed by atoms with Crippen LogP contribution in [0, 0.1) is 12.3 Å². The highest BCUT2D eigenvalue weighted by molar-refractivity contribution is 7.95. The summed E-state index contributed by atoms with van der Waals surface area (Å²) in [7, 11) is 0. The number of aryl methyl sites for hydroxylation is 1. The molecular formula is C28H39FN8O2S. The maximum atomic E-state index is 13.1. The molecule has 0 aliphatic carbocycles. The van der Waals surface area contributed by atoms with Gasteiger partial charge in [-0.15, -0.1) is 3.89 Å². The summed E-state index contributed by atoms with van der Waals surface area (Å²) < 4.78 is 21.8. The third-order valence-electron chi connectivity index (χ3n) is 7.65. The lowest BCUT2D eigenvalue weighted by Gasteiger charge is -2.38. The van der Waals surface area contributed by atoms with Crippen LogP contribution in [0.2, 0.25) is 0 Å². The summed E-state index contributed by atoms with van der Waals surface area (Å²) in [5.41, 5.74) is 5.06. The second-order valence-electron chi connectivity index (χ2n) is 9.83. The molecule has 3 heterocycles. The Hall–Kier alpha value is -3.38. The predicted molar refractivity (Wildman–Crippen MR) is 160 cm³/mol. The molecule has 0 bridgehead atoms. The molecule has 0 unspecified atom stereocenters. The van der Waals surface area contributed by atoms with Crippen molar-refractivity contribution in [2.24, 2.45) is 0 Å². The van der Waals surface area contributed by atoms with Crippen molar-refractivity contribution in [2.75, 3.05) is 73.5 Å². The number of carbonyl (C=O) groups is 1. The van der Waals surface area contributed by atoms with Gasteiger partial charge in [-0.25, -0.2) is 0 Å². The van der Waals surface area contributed by atoms with Gasteiger partial charge in [-0.1, -0.05) is 26.5 Å². The van der Waals surface area contributed by atoms with Crippen molar-refractivity contribution in [3.8, 4) is 6.01 Å². The minimum atomic E-state index is -0.0549. The van der Waals surface area contributed by atoms with E-state index in [-0.39, 0.29) is 18.2 Å². The number of benzene rings is 1. The second kappa shape index (κ2) is 13.8. The molecule has 2 aliphatic rings. The van der Waals surface area contributed by atoms with Crippen molar-refractivity contribution >= 4 is 41.6 Å². The first kappa shape index (κ1) is 29.6. The SMILES string of the molecule is C=CC(=O)N1CCN(c2nc(OCCN(CC)CC)nc3c2CCN(c2c(C)ccc(NSF)c2C=N)C3)CC1. The molecule has 1 amide bonds. The number of aromatic nitrogens is 2. The van der Waals surface area contributed by atoms with Crippen LogP contribution in [0.5, 0.6) is 6.01 Å². The quantitative estimate of drug-likeness (QED) is 0.224. The van der Waals surface area contributed by atoms with Crippen molar-refractivity contribution in [3.63, 3.8) is 0 Å². The van der Waals surface area contributed by atoms with Crippen LogP contribution in [0.1, 0.15) is 36.2 Å². The first-order chi connectivity index (χ1) is 19.4. The minimum Gasteiger partial charge on any atom is -0.462 e. The molecule has 0 radical (unpaired) electrons. The molecule has 0 atom stereocenters. The van der Waals surface area contributed by atoms with Gasteiger partial charge in [0.2, 0.25) is 5.91 Å². The molecule has 40 heavy (non-hydrogen) atoms. The van der Waals surface area contributed by atoms with E-state index < -0.39 is 0 Å². The lowest BCUT2D eigenvalue weighted by atomic mass is 10.00. The lowest BCUT2D eigenvalue weighted by molar-refractivity contribution is -0.126. The van der Waals surface area contributed by atoms with E-state index in [0.717, 1.165) is 48.0 Å². The van der Waals surface area contributed by atoms with Crippen LogP contribution < -0.4 is 19.3 Å². The summed E-state index contributed by atoms with van der Waals surface area (Å²) in [5.74, 6) is 0.808. The van der Waals surface area contributed by atoms with Gasteiger partial charge in [0.1, 0.15) is 12.4 Å². The number of hydrogen-bond donors (Lipinski definition) is 2. The molecule has 1 saturated heterocycles. The average Bonchev–Trinajstić information content (AvgIpc) is 2.99. The molecule has 4 rings (SSSR count). The Balaban J connectivity index is 1.65. The summed E-state index contributed by atoms with van der Waals surface area (Å²) >= 11 is 0.0218. The van der Waals surface area contributed by atoms with E-state index in [9.17, 15) is 8.68 Å². The van der Waals surface area contributed by atoms with E-state index in [0.29, 0.717) is 69.6 Å². The van der Waals surface area contributed by atoms with E-state index in [4.69, 9.17) is 20.1 Å². The highest BCUT2D eigenvalue weighted by atomic mass is 32.2. The van der Waals surface area contributed by atoms with Crippen LogP contribution >= 0.6 is 12.3 Å². The van der Waals surface area contributed by atoms with Gasteiger partial charge in [0, 0.05) is 56.6 Å². The maximum Gasteiger partial charge on any atom is 0.318 e. The number of likely N-dealkylation sites (N-methyl/N-ethyl adjacent to an activating group) is 1. The number of piperazine rings is 1. The van der Waals surface area contributed by atoms with E-state index >= 15 is 0 Å². The van der Waals surface area contributed by atoms with Crippen LogP contribution in [0.3, 0.4) is 0 Å². The van der Waals surface area contributed by atoms with Crippen molar-refractivity contribution in [2.45, 2.75) is 33.7 Å². The van der Waals surface area contributed by atoms with Gasteiger partial charge in [0.15, 0.2) is 12.3 Å². The number of nitrogens with one attached hydrogen (secondary N) is 2. The van der Waals surface area contributed by atoms with E-state index in [1.54, 1.807) is 11.0 Å². The standard InChI is InChI=1S/C28H39FN8O2S/c1-5-25(38)35-12-14-36(15-13-35)27-21-10-11-37(26-20(4)8-9-23(33-40-29)22(26)18-30)19-24(21)31-28(32-27)39-17-16-34(6-2)7-3/h5,8-9,18,30,33H,1,6-7,10-17,19H2,2-4H3. The maximum absolute atomic E-state index is 13.1. The highest BCUT2D eigenvalue weighted by Crippen LogP contribution is 2.36. The molecule has 10 nitrogen and oxygen atoms in total. The molecule has 2 aliphatic heterocycles. The Labute approximate surface area is 240 Å². The number of hydrogen-bond acceptors (Lipinski definition) is 10. The fourth-order valence-corrected chi connectivity index (χ4v) is 5.65. The minimum absolute atomic E-state index is 0.0218. The number of amides is 1. The van der Waals surface area contributed by atoms with E-state index in [1.165, 1.54) is 12.3 Å². The molecule has 2 aromatic rings. The monoisotopic (exact) mass is 570 g/mol. The zero-order chi connectivity index (χ0) is 28.6. The number of fused-ring (bicyclic) bond motifs is 1. The number of halogens is 1. The van der Waals surface area contributed by atoms with Gasteiger partial charge in [-0.2, -0.15) is 9.97 Å².